The van der Waals surface area contributed by atoms with Gasteiger partial charge in [0, 0.05) is 31.7 Å². The van der Waals surface area contributed by atoms with Gasteiger partial charge in [-0.1, -0.05) is 11.6 Å². The average Bonchev–Trinajstić information content (AvgIpc) is 2.61. The Kier molecular flexibility index (Phi) is 6.24. The predicted octanol–water partition coefficient (Wildman–Crippen LogP) is 4.25. The zero-order valence-corrected chi connectivity index (χ0v) is 17.5. The second-order valence-electron chi connectivity index (χ2n) is 7.71. The van der Waals surface area contributed by atoms with Crippen LogP contribution in [0.1, 0.15) is 32.4 Å². The highest BCUT2D eigenvalue weighted by molar-refractivity contribution is 6.31. The lowest BCUT2D eigenvalue weighted by Crippen LogP contribution is -2.50. The number of carbonyl (C=O) groups excluding carboxylic acids is 1. The average molecular weight is 424 g/mol. The second kappa shape index (κ2) is 8.51. The Hall–Kier alpha value is -2.45. The van der Waals surface area contributed by atoms with Crippen LogP contribution in [0.15, 0.2) is 24.3 Å². The van der Waals surface area contributed by atoms with E-state index >= 15 is 0 Å². The fourth-order valence-corrected chi connectivity index (χ4v) is 2.99. The maximum atomic E-state index is 14.4. The van der Waals surface area contributed by atoms with Crippen LogP contribution >= 0.6 is 11.6 Å². The number of rotatable bonds is 5. The molecule has 1 aliphatic rings. The topological polar surface area (TPSA) is 73.8 Å². The number of methoxy groups -OCH3 is 1. The summed E-state index contributed by atoms with van der Waals surface area (Å²) in [4.78, 5) is 13.7. The highest BCUT2D eigenvalue weighted by atomic mass is 35.5. The van der Waals surface area contributed by atoms with Gasteiger partial charge in [-0.3, -0.25) is 0 Å². The van der Waals surface area contributed by atoms with Crippen molar-refractivity contribution in [3.05, 3.63) is 40.8 Å². The zero-order chi connectivity index (χ0) is 21.2. The Morgan fingerprint density at radius 2 is 1.97 bits per heavy atom. The Bertz CT molecular complexity index is 881. The number of likely N-dealkylation sites (tertiary alicyclic amines) is 1. The molecule has 29 heavy (non-hydrogen) atoms. The van der Waals surface area contributed by atoms with Crippen LogP contribution in [-0.4, -0.2) is 53.8 Å². The normalized spacial score (nSPS) is 14.5. The highest BCUT2D eigenvalue weighted by Gasteiger charge is 2.35. The maximum absolute atomic E-state index is 14.4. The van der Waals surface area contributed by atoms with Crippen LogP contribution in [0.2, 0.25) is 5.02 Å². The number of halogens is 2. The van der Waals surface area contributed by atoms with Crippen molar-refractivity contribution in [2.24, 2.45) is 0 Å². The van der Waals surface area contributed by atoms with Crippen LogP contribution < -0.4 is 4.74 Å². The molecular formula is C20H23ClFN3O4. The van der Waals surface area contributed by atoms with E-state index in [1.807, 2.05) is 26.8 Å². The highest BCUT2D eigenvalue weighted by Crippen LogP contribution is 2.35. The van der Waals surface area contributed by atoms with Crippen LogP contribution in [0.5, 0.6) is 5.75 Å². The number of benzene rings is 1. The molecule has 2 aromatic rings. The molecule has 0 atom stereocenters. The van der Waals surface area contributed by atoms with Crippen molar-refractivity contribution in [1.82, 2.24) is 15.1 Å². The Morgan fingerprint density at radius 1 is 1.24 bits per heavy atom. The van der Waals surface area contributed by atoms with Gasteiger partial charge >= 0.3 is 6.09 Å². The zero-order valence-electron chi connectivity index (χ0n) is 16.7. The Labute approximate surface area is 173 Å². The first-order valence-corrected chi connectivity index (χ1v) is 9.49. The molecule has 0 unspecified atom stereocenters. The molecule has 3 rings (SSSR count). The lowest BCUT2D eigenvalue weighted by Gasteiger charge is -2.39. The molecule has 1 fully saturated rings. The van der Waals surface area contributed by atoms with Gasteiger partial charge in [0.05, 0.1) is 16.4 Å². The van der Waals surface area contributed by atoms with E-state index in [-0.39, 0.29) is 29.6 Å². The smallest absolute Gasteiger partial charge is 0.410 e. The summed E-state index contributed by atoms with van der Waals surface area (Å²) in [6, 6.07) is 6.60. The largest absolute Gasteiger partial charge is 0.464 e. The molecule has 1 saturated heterocycles. The fourth-order valence-electron chi connectivity index (χ4n) is 2.84. The van der Waals surface area contributed by atoms with Gasteiger partial charge in [-0.25, -0.2) is 9.18 Å². The Balaban J connectivity index is 1.71. The number of nitrogens with zero attached hydrogens (tertiary/aromatic N) is 3. The van der Waals surface area contributed by atoms with E-state index in [2.05, 4.69) is 10.2 Å². The standard InChI is InChI=1S/C20H23ClFN3O4/c1-20(2,3)29-19(26)25-9-12(10-25)15-7-8-16(24-23-15)13-5-6-14(21)17(22)18(13)28-11-27-4/h5-8,12H,9-11H2,1-4H3. The number of hydrogen-bond donors (Lipinski definition) is 0. The van der Waals surface area contributed by atoms with Crippen molar-refractivity contribution in [3.8, 4) is 17.0 Å². The summed E-state index contributed by atoms with van der Waals surface area (Å²) in [5, 5.41) is 8.40. The number of aromatic nitrogens is 2. The summed E-state index contributed by atoms with van der Waals surface area (Å²) in [7, 11) is 1.44. The summed E-state index contributed by atoms with van der Waals surface area (Å²) in [6.45, 7) is 6.39. The molecule has 1 aromatic heterocycles. The van der Waals surface area contributed by atoms with E-state index in [0.29, 0.717) is 24.3 Å². The van der Waals surface area contributed by atoms with Gasteiger partial charge in [-0.2, -0.15) is 10.2 Å². The number of ether oxygens (including phenoxy) is 3. The van der Waals surface area contributed by atoms with Gasteiger partial charge < -0.3 is 19.1 Å². The first kappa shape index (κ1) is 21.3. The van der Waals surface area contributed by atoms with Crippen LogP contribution in [-0.2, 0) is 9.47 Å². The van der Waals surface area contributed by atoms with E-state index in [9.17, 15) is 9.18 Å². The van der Waals surface area contributed by atoms with E-state index in [0.717, 1.165) is 5.69 Å². The second-order valence-corrected chi connectivity index (χ2v) is 8.12. The SMILES string of the molecule is COCOc1c(-c2ccc(C3CN(C(=O)OC(C)(C)C)C3)nn2)ccc(Cl)c1F. The minimum Gasteiger partial charge on any atom is -0.464 e. The van der Waals surface area contributed by atoms with Crippen molar-refractivity contribution in [2.45, 2.75) is 32.3 Å². The number of hydrogen-bond acceptors (Lipinski definition) is 6. The van der Waals surface area contributed by atoms with Gasteiger partial charge in [0.2, 0.25) is 0 Å². The van der Waals surface area contributed by atoms with Gasteiger partial charge in [-0.05, 0) is 45.0 Å². The Morgan fingerprint density at radius 3 is 2.55 bits per heavy atom. The summed E-state index contributed by atoms with van der Waals surface area (Å²) in [5.74, 6) is -0.643. The molecule has 0 bridgehead atoms. The van der Waals surface area contributed by atoms with Crippen LogP contribution in [0.25, 0.3) is 11.3 Å². The predicted molar refractivity (Wildman–Crippen MR) is 105 cm³/mol. The third kappa shape index (κ3) is 4.94. The molecule has 1 aromatic carbocycles. The fraction of sp³-hybridized carbons (Fsp3) is 0.450. The van der Waals surface area contributed by atoms with Gasteiger partial charge in [-0.15, -0.1) is 0 Å². The van der Waals surface area contributed by atoms with E-state index in [1.54, 1.807) is 17.0 Å². The van der Waals surface area contributed by atoms with E-state index in [1.165, 1.54) is 13.2 Å². The van der Waals surface area contributed by atoms with Crippen molar-refractivity contribution in [3.63, 3.8) is 0 Å². The summed E-state index contributed by atoms with van der Waals surface area (Å²) < 4.78 is 29.9. The molecule has 0 spiro atoms. The quantitative estimate of drug-likeness (QED) is 0.669. The molecule has 0 radical (unpaired) electrons. The lowest BCUT2D eigenvalue weighted by molar-refractivity contribution is 0.00780. The molecule has 7 nitrogen and oxygen atoms in total. The minimum absolute atomic E-state index is 0.0406. The van der Waals surface area contributed by atoms with Gasteiger partial charge in [0.1, 0.15) is 5.60 Å². The van der Waals surface area contributed by atoms with Crippen LogP contribution in [0.4, 0.5) is 9.18 Å². The molecular weight excluding hydrogens is 401 g/mol. The van der Waals surface area contributed by atoms with Crippen molar-refractivity contribution in [1.29, 1.82) is 0 Å². The lowest BCUT2D eigenvalue weighted by atomic mass is 9.96. The maximum Gasteiger partial charge on any atom is 0.410 e. The van der Waals surface area contributed by atoms with Crippen molar-refractivity contribution < 1.29 is 23.4 Å². The van der Waals surface area contributed by atoms with Crippen LogP contribution in [0.3, 0.4) is 0 Å². The van der Waals surface area contributed by atoms with E-state index < -0.39 is 11.4 Å². The number of carbonyl (C=O) groups is 1. The number of amides is 1. The molecule has 0 N–H and O–H groups in total. The third-order valence-electron chi connectivity index (χ3n) is 4.28. The monoisotopic (exact) mass is 423 g/mol. The summed E-state index contributed by atoms with van der Waals surface area (Å²) in [5.41, 5.74) is 1.09. The van der Waals surface area contributed by atoms with E-state index in [4.69, 9.17) is 25.8 Å². The summed E-state index contributed by atoms with van der Waals surface area (Å²) in [6.07, 6.45) is -0.338. The molecule has 0 aliphatic carbocycles. The first-order valence-electron chi connectivity index (χ1n) is 9.11. The van der Waals surface area contributed by atoms with Gasteiger partial charge in [0.25, 0.3) is 0 Å². The third-order valence-corrected chi connectivity index (χ3v) is 4.58. The molecule has 156 valence electrons. The molecule has 9 heteroatoms. The van der Waals surface area contributed by atoms with Gasteiger partial charge in [0.15, 0.2) is 18.4 Å². The van der Waals surface area contributed by atoms with Crippen LogP contribution in [0, 0.1) is 5.82 Å². The van der Waals surface area contributed by atoms with Crippen molar-refractivity contribution >= 4 is 17.7 Å². The summed E-state index contributed by atoms with van der Waals surface area (Å²) >= 11 is 5.85. The van der Waals surface area contributed by atoms with Crippen molar-refractivity contribution in [2.75, 3.05) is 27.0 Å². The minimum atomic E-state index is -0.681. The molecule has 0 saturated carbocycles. The molecule has 2 heterocycles. The first-order chi connectivity index (χ1) is 13.7. The molecule has 1 aliphatic heterocycles. The molecule has 1 amide bonds.